The van der Waals surface area contributed by atoms with E-state index < -0.39 is 5.60 Å². The number of piperidine rings is 1. The molecule has 0 bridgehead atoms. The maximum atomic E-state index is 13.2. The van der Waals surface area contributed by atoms with E-state index in [0.29, 0.717) is 30.9 Å². The van der Waals surface area contributed by atoms with Crippen LogP contribution in [0.3, 0.4) is 0 Å². The van der Waals surface area contributed by atoms with Crippen molar-refractivity contribution in [3.63, 3.8) is 0 Å². The Balaban J connectivity index is 1.59. The van der Waals surface area contributed by atoms with Gasteiger partial charge in [-0.15, -0.1) is 9.58 Å². The molecule has 4 rings (SSSR count). The molecule has 6 heteroatoms. The fraction of sp³-hybridized carbons (Fsp3) is 0.500. The SMILES string of the molecule is CC(C)(C)OC(=O)[N+]1(c2nnc(C3CC3)o2)CCC(=Cc2ccccc2)CC1. The fourth-order valence-corrected chi connectivity index (χ4v) is 3.53. The van der Waals surface area contributed by atoms with Gasteiger partial charge in [-0.25, -0.2) is 0 Å². The van der Waals surface area contributed by atoms with Gasteiger partial charge in [-0.3, -0.25) is 0 Å². The Labute approximate surface area is 165 Å². The second kappa shape index (κ2) is 7.17. The Morgan fingerprint density at radius 3 is 2.43 bits per heavy atom. The number of amides is 1. The van der Waals surface area contributed by atoms with Crippen LogP contribution in [0.4, 0.5) is 10.8 Å². The van der Waals surface area contributed by atoms with Gasteiger partial charge in [-0.05, 0) is 39.2 Å². The summed E-state index contributed by atoms with van der Waals surface area (Å²) in [6, 6.07) is 10.6. The topological polar surface area (TPSA) is 65.2 Å². The van der Waals surface area contributed by atoms with Crippen molar-refractivity contribution in [2.45, 2.75) is 58.0 Å². The van der Waals surface area contributed by atoms with Crippen molar-refractivity contribution < 1.29 is 13.9 Å². The highest BCUT2D eigenvalue weighted by molar-refractivity contribution is 5.80. The van der Waals surface area contributed by atoms with Crippen molar-refractivity contribution in [1.29, 1.82) is 0 Å². The molecule has 0 unspecified atom stereocenters. The number of rotatable bonds is 3. The summed E-state index contributed by atoms with van der Waals surface area (Å²) in [5.41, 5.74) is 1.94. The molecule has 0 spiro atoms. The largest absolute Gasteiger partial charge is 0.525 e. The lowest BCUT2D eigenvalue weighted by atomic mass is 9.99. The maximum Gasteiger partial charge on any atom is 0.525 e. The van der Waals surface area contributed by atoms with Crippen molar-refractivity contribution in [1.82, 2.24) is 14.7 Å². The number of likely N-dealkylation sites (tertiary alicyclic amines) is 1. The van der Waals surface area contributed by atoms with Crippen LogP contribution < -0.4 is 4.48 Å². The molecule has 6 nitrogen and oxygen atoms in total. The first kappa shape index (κ1) is 18.9. The predicted molar refractivity (Wildman–Crippen MR) is 108 cm³/mol. The first-order chi connectivity index (χ1) is 13.4. The first-order valence-electron chi connectivity index (χ1n) is 10.0. The standard InChI is InChI=1S/C22H28N3O3/c1-22(2,3)28-21(26)25(20-24-23-19(27-20)18-9-10-18)13-11-17(12-14-25)15-16-7-5-4-6-8-16/h4-8,15,18H,9-14H2,1-3H3/q+1. The third-order valence-electron chi connectivity index (χ3n) is 5.27. The molecule has 1 amide bonds. The average Bonchev–Trinajstić information content (AvgIpc) is 3.39. The smallest absolute Gasteiger partial charge is 0.414 e. The van der Waals surface area contributed by atoms with Gasteiger partial charge in [0, 0.05) is 18.8 Å². The molecular weight excluding hydrogens is 354 g/mol. The highest BCUT2D eigenvalue weighted by Crippen LogP contribution is 2.41. The number of hydrogen-bond donors (Lipinski definition) is 0. The quantitative estimate of drug-likeness (QED) is 0.694. The third kappa shape index (κ3) is 4.02. The molecule has 0 atom stereocenters. The zero-order chi connectivity index (χ0) is 19.8. The summed E-state index contributed by atoms with van der Waals surface area (Å²) in [5.74, 6) is 1.01. The number of quaternary nitrogens is 1. The van der Waals surface area contributed by atoms with E-state index in [1.54, 1.807) is 0 Å². The van der Waals surface area contributed by atoms with Crippen LogP contribution in [0.1, 0.15) is 63.8 Å². The van der Waals surface area contributed by atoms with Gasteiger partial charge in [-0.1, -0.05) is 47.1 Å². The Morgan fingerprint density at radius 2 is 1.82 bits per heavy atom. The Kier molecular flexibility index (Phi) is 4.83. The van der Waals surface area contributed by atoms with E-state index in [0.717, 1.165) is 25.7 Å². The molecule has 0 radical (unpaired) electrons. The van der Waals surface area contributed by atoms with E-state index in [4.69, 9.17) is 9.15 Å². The molecule has 1 aliphatic carbocycles. The van der Waals surface area contributed by atoms with E-state index in [1.165, 1.54) is 11.1 Å². The lowest BCUT2D eigenvalue weighted by Gasteiger charge is -2.35. The summed E-state index contributed by atoms with van der Waals surface area (Å²) in [4.78, 5) is 13.2. The van der Waals surface area contributed by atoms with Crippen molar-refractivity contribution in [2.24, 2.45) is 0 Å². The van der Waals surface area contributed by atoms with Crippen LogP contribution in [0.5, 0.6) is 0 Å². The number of aromatic nitrogens is 2. The molecule has 1 aromatic carbocycles. The van der Waals surface area contributed by atoms with Crippen molar-refractivity contribution in [2.75, 3.05) is 13.1 Å². The van der Waals surface area contributed by atoms with Gasteiger partial charge >= 0.3 is 12.1 Å². The lowest BCUT2D eigenvalue weighted by molar-refractivity contribution is 0.0204. The summed E-state index contributed by atoms with van der Waals surface area (Å²) in [6.07, 6.45) is 5.64. The van der Waals surface area contributed by atoms with Crippen LogP contribution in [0.2, 0.25) is 0 Å². The van der Waals surface area contributed by atoms with Crippen LogP contribution in [0.25, 0.3) is 6.08 Å². The van der Waals surface area contributed by atoms with Gasteiger partial charge in [0.1, 0.15) is 18.7 Å². The molecule has 1 saturated carbocycles. The fourth-order valence-electron chi connectivity index (χ4n) is 3.53. The molecule has 0 N–H and O–H groups in total. The Bertz CT molecular complexity index is 866. The summed E-state index contributed by atoms with van der Waals surface area (Å²) in [7, 11) is 0. The number of hydrogen-bond acceptors (Lipinski definition) is 5. The normalized spacial score (nSPS) is 22.8. The zero-order valence-corrected chi connectivity index (χ0v) is 16.9. The second-order valence-corrected chi connectivity index (χ2v) is 8.81. The number of ether oxygens (including phenoxy) is 1. The minimum absolute atomic E-state index is 0.0247. The van der Waals surface area contributed by atoms with Crippen LogP contribution in [0.15, 0.2) is 40.3 Å². The highest BCUT2D eigenvalue weighted by atomic mass is 16.6. The molecule has 148 valence electrons. The summed E-state index contributed by atoms with van der Waals surface area (Å²) in [5, 5.41) is 8.48. The maximum absolute atomic E-state index is 13.2. The van der Waals surface area contributed by atoms with E-state index in [-0.39, 0.29) is 10.6 Å². The van der Waals surface area contributed by atoms with Crippen molar-refractivity contribution in [3.8, 4) is 0 Å². The molecule has 2 fully saturated rings. The monoisotopic (exact) mass is 382 g/mol. The molecule has 2 aromatic rings. The number of carbonyl (C=O) groups is 1. The van der Waals surface area contributed by atoms with Gasteiger partial charge < -0.3 is 9.15 Å². The molecule has 1 aromatic heterocycles. The molecule has 2 heterocycles. The van der Waals surface area contributed by atoms with Crippen LogP contribution in [-0.2, 0) is 4.74 Å². The van der Waals surface area contributed by atoms with Gasteiger partial charge in [0.05, 0.1) is 0 Å². The second-order valence-electron chi connectivity index (χ2n) is 8.81. The third-order valence-corrected chi connectivity index (χ3v) is 5.27. The van der Waals surface area contributed by atoms with Crippen LogP contribution in [0, 0.1) is 0 Å². The highest BCUT2D eigenvalue weighted by Gasteiger charge is 2.50. The van der Waals surface area contributed by atoms with E-state index in [1.807, 2.05) is 39.0 Å². The van der Waals surface area contributed by atoms with Crippen LogP contribution in [-0.4, -0.2) is 35.0 Å². The zero-order valence-electron chi connectivity index (χ0n) is 16.9. The van der Waals surface area contributed by atoms with Gasteiger partial charge in [0.2, 0.25) is 5.89 Å². The van der Waals surface area contributed by atoms with Gasteiger partial charge in [0.25, 0.3) is 0 Å². The van der Waals surface area contributed by atoms with E-state index in [9.17, 15) is 4.79 Å². The molecule has 1 saturated heterocycles. The van der Waals surface area contributed by atoms with Crippen molar-refractivity contribution in [3.05, 3.63) is 47.4 Å². The average molecular weight is 382 g/mol. The number of carbonyl (C=O) groups excluding carboxylic acids is 1. The Morgan fingerprint density at radius 1 is 1.14 bits per heavy atom. The minimum atomic E-state index is -0.568. The van der Waals surface area contributed by atoms with E-state index in [2.05, 4.69) is 28.4 Å². The first-order valence-corrected chi connectivity index (χ1v) is 10.0. The van der Waals surface area contributed by atoms with E-state index >= 15 is 0 Å². The van der Waals surface area contributed by atoms with Gasteiger partial charge in [-0.2, -0.15) is 4.79 Å². The summed E-state index contributed by atoms with van der Waals surface area (Å²) >= 11 is 0. The lowest BCUT2D eigenvalue weighted by Crippen LogP contribution is -2.59. The van der Waals surface area contributed by atoms with Gasteiger partial charge in [0.15, 0.2) is 0 Å². The molecular formula is C22H28N3O3+. The Hall–Kier alpha value is -2.47. The van der Waals surface area contributed by atoms with Crippen molar-refractivity contribution >= 4 is 18.2 Å². The number of nitrogens with zero attached hydrogens (tertiary/aromatic N) is 3. The molecule has 2 aliphatic rings. The predicted octanol–water partition coefficient (Wildman–Crippen LogP) is 5.07. The summed E-state index contributed by atoms with van der Waals surface area (Å²) in [6.45, 7) is 6.79. The molecule has 28 heavy (non-hydrogen) atoms. The number of benzene rings is 1. The minimum Gasteiger partial charge on any atom is -0.414 e. The summed E-state index contributed by atoms with van der Waals surface area (Å²) < 4.78 is 11.7. The van der Waals surface area contributed by atoms with Crippen LogP contribution >= 0.6 is 0 Å². The molecule has 1 aliphatic heterocycles.